The van der Waals surface area contributed by atoms with Gasteiger partial charge in [0.1, 0.15) is 5.75 Å². The second-order valence-electron chi connectivity index (χ2n) is 5.46. The summed E-state index contributed by atoms with van der Waals surface area (Å²) in [6.45, 7) is 0. The first-order valence-corrected chi connectivity index (χ1v) is 7.30. The van der Waals surface area contributed by atoms with Crippen molar-refractivity contribution in [2.24, 2.45) is 7.05 Å². The molecule has 4 aromatic rings. The number of benzene rings is 1. The third-order valence-corrected chi connectivity index (χ3v) is 4.05. The Hall–Kier alpha value is -3.35. The molecule has 0 aliphatic carbocycles. The van der Waals surface area contributed by atoms with Crippen LogP contribution in [0.2, 0.25) is 0 Å². The number of carbonyl (C=O) groups is 1. The molecule has 0 aliphatic heterocycles. The fourth-order valence-corrected chi connectivity index (χ4v) is 2.96. The number of nitrogens with one attached hydrogen (secondary N) is 1. The maximum Gasteiger partial charge on any atom is 0.337 e. The van der Waals surface area contributed by atoms with E-state index in [1.165, 1.54) is 12.3 Å². The average molecular weight is 322 g/mol. The lowest BCUT2D eigenvalue weighted by atomic mass is 10.1. The number of carboxylic acid groups (broad SMARTS) is 1. The summed E-state index contributed by atoms with van der Waals surface area (Å²) in [6.07, 6.45) is 1.49. The number of aromatic carboxylic acids is 1. The molecule has 7 nitrogen and oxygen atoms in total. The zero-order valence-electron chi connectivity index (χ0n) is 13.1. The molecule has 7 heteroatoms. The Bertz CT molecular complexity index is 1090. The number of H-pyrrole nitrogens is 1. The molecule has 0 spiro atoms. The van der Waals surface area contributed by atoms with Gasteiger partial charge in [0.2, 0.25) is 0 Å². The van der Waals surface area contributed by atoms with Gasteiger partial charge < -0.3 is 14.8 Å². The molecule has 0 aliphatic rings. The maximum absolute atomic E-state index is 11.4. The molecular formula is C17H14N4O3. The highest BCUT2D eigenvalue weighted by atomic mass is 16.5. The number of rotatable bonds is 3. The topological polar surface area (TPSA) is 93.0 Å². The minimum absolute atomic E-state index is 0.190. The van der Waals surface area contributed by atoms with Crippen LogP contribution in [0.5, 0.6) is 5.75 Å². The van der Waals surface area contributed by atoms with E-state index in [0.29, 0.717) is 11.0 Å². The summed E-state index contributed by atoms with van der Waals surface area (Å²) < 4.78 is 7.05. The first-order chi connectivity index (χ1) is 11.6. The average Bonchev–Trinajstić information content (AvgIpc) is 3.12. The minimum atomic E-state index is -0.993. The lowest BCUT2D eigenvalue weighted by molar-refractivity contribution is 0.0699. The summed E-state index contributed by atoms with van der Waals surface area (Å²) >= 11 is 0. The number of carboxylic acids is 1. The van der Waals surface area contributed by atoms with Crippen molar-refractivity contribution in [3.8, 4) is 17.1 Å². The van der Waals surface area contributed by atoms with Crippen molar-refractivity contribution in [3.05, 3.63) is 42.1 Å². The highest BCUT2D eigenvalue weighted by molar-refractivity contribution is 6.03. The third kappa shape index (κ3) is 2.02. The number of fused-ring (bicyclic) bond motifs is 2. The standard InChI is InChI=1S/C17H14N4O3/c1-21-16(11-7-9(24-2)3-4-12(11)20-21)14-8-13-15(19-14)10(17(22)23)5-6-18-13/h3-8,19H,1-2H3,(H,22,23). The van der Waals surface area contributed by atoms with Crippen LogP contribution in [0.3, 0.4) is 0 Å². The van der Waals surface area contributed by atoms with Gasteiger partial charge in [0.25, 0.3) is 0 Å². The highest BCUT2D eigenvalue weighted by Gasteiger charge is 2.17. The first kappa shape index (κ1) is 14.3. The summed E-state index contributed by atoms with van der Waals surface area (Å²) in [4.78, 5) is 18.8. The van der Waals surface area contributed by atoms with Gasteiger partial charge >= 0.3 is 5.97 Å². The zero-order valence-corrected chi connectivity index (χ0v) is 13.1. The van der Waals surface area contributed by atoms with Crippen molar-refractivity contribution < 1.29 is 14.6 Å². The Morgan fingerprint density at radius 2 is 2.08 bits per heavy atom. The maximum atomic E-state index is 11.4. The molecule has 0 amide bonds. The molecule has 120 valence electrons. The van der Waals surface area contributed by atoms with Crippen LogP contribution in [0.4, 0.5) is 0 Å². The number of hydrogen-bond donors (Lipinski definition) is 2. The molecule has 0 saturated heterocycles. The molecule has 3 aromatic heterocycles. The molecule has 24 heavy (non-hydrogen) atoms. The van der Waals surface area contributed by atoms with Gasteiger partial charge in [-0.25, -0.2) is 4.79 Å². The van der Waals surface area contributed by atoms with Gasteiger partial charge in [-0.3, -0.25) is 9.67 Å². The van der Waals surface area contributed by atoms with Crippen LogP contribution < -0.4 is 4.74 Å². The Labute approximate surface area is 136 Å². The SMILES string of the molecule is COc1ccc2nn(C)c(-c3cc4nccc(C(=O)O)c4[nH]3)c2c1. The normalized spacial score (nSPS) is 11.2. The molecule has 4 rings (SSSR count). The predicted molar refractivity (Wildman–Crippen MR) is 89.3 cm³/mol. The summed E-state index contributed by atoms with van der Waals surface area (Å²) in [5.41, 5.74) is 3.72. The van der Waals surface area contributed by atoms with Crippen molar-refractivity contribution >= 4 is 27.9 Å². The first-order valence-electron chi connectivity index (χ1n) is 7.30. The molecule has 0 saturated carbocycles. The number of nitrogens with zero attached hydrogens (tertiary/aromatic N) is 3. The van der Waals surface area contributed by atoms with Gasteiger partial charge in [-0.1, -0.05) is 0 Å². The van der Waals surface area contributed by atoms with E-state index in [-0.39, 0.29) is 5.56 Å². The van der Waals surface area contributed by atoms with E-state index in [1.54, 1.807) is 11.8 Å². The number of ether oxygens (including phenoxy) is 1. The van der Waals surface area contributed by atoms with E-state index < -0.39 is 5.97 Å². The quantitative estimate of drug-likeness (QED) is 0.605. The van der Waals surface area contributed by atoms with E-state index >= 15 is 0 Å². The second kappa shape index (κ2) is 5.09. The summed E-state index contributed by atoms with van der Waals surface area (Å²) in [6, 6.07) is 8.97. The van der Waals surface area contributed by atoms with Crippen LogP contribution in [0, 0.1) is 0 Å². The number of hydrogen-bond acceptors (Lipinski definition) is 4. The Balaban J connectivity index is 2.01. The molecule has 0 atom stereocenters. The van der Waals surface area contributed by atoms with Crippen LogP contribution in [0.25, 0.3) is 33.3 Å². The van der Waals surface area contributed by atoms with E-state index in [9.17, 15) is 9.90 Å². The van der Waals surface area contributed by atoms with Crippen LogP contribution in [0.15, 0.2) is 36.5 Å². The molecule has 0 fully saturated rings. The van der Waals surface area contributed by atoms with E-state index in [0.717, 1.165) is 28.0 Å². The summed E-state index contributed by atoms with van der Waals surface area (Å²) in [5, 5.41) is 14.7. The van der Waals surface area contributed by atoms with Gasteiger partial charge in [0.15, 0.2) is 0 Å². The van der Waals surface area contributed by atoms with E-state index in [1.807, 2.05) is 31.3 Å². The summed E-state index contributed by atoms with van der Waals surface area (Å²) in [5.74, 6) is -0.260. The van der Waals surface area contributed by atoms with Crippen LogP contribution >= 0.6 is 0 Å². The second-order valence-corrected chi connectivity index (χ2v) is 5.46. The highest BCUT2D eigenvalue weighted by Crippen LogP contribution is 2.32. The van der Waals surface area contributed by atoms with E-state index in [2.05, 4.69) is 15.1 Å². The molecule has 3 heterocycles. The number of aryl methyl sites for hydroxylation is 1. The van der Waals surface area contributed by atoms with Crippen molar-refractivity contribution in [1.82, 2.24) is 19.7 Å². The number of aromatic amines is 1. The lowest BCUT2D eigenvalue weighted by Crippen LogP contribution is -1.98. The fraction of sp³-hybridized carbons (Fsp3) is 0.118. The predicted octanol–water partition coefficient (Wildman–Crippen LogP) is 2.82. The van der Waals surface area contributed by atoms with Gasteiger partial charge in [-0.15, -0.1) is 0 Å². The third-order valence-electron chi connectivity index (χ3n) is 4.05. The monoisotopic (exact) mass is 322 g/mol. The minimum Gasteiger partial charge on any atom is -0.497 e. The molecule has 1 aromatic carbocycles. The van der Waals surface area contributed by atoms with Crippen molar-refractivity contribution in [3.63, 3.8) is 0 Å². The molecule has 0 bridgehead atoms. The Kier molecular flexibility index (Phi) is 3.02. The van der Waals surface area contributed by atoms with Crippen LogP contribution in [-0.4, -0.2) is 37.9 Å². The van der Waals surface area contributed by atoms with Gasteiger partial charge in [0, 0.05) is 18.6 Å². The summed E-state index contributed by atoms with van der Waals surface area (Å²) in [7, 11) is 3.46. The van der Waals surface area contributed by atoms with Crippen molar-refractivity contribution in [1.29, 1.82) is 0 Å². The molecule has 0 radical (unpaired) electrons. The number of pyridine rings is 1. The van der Waals surface area contributed by atoms with Gasteiger partial charge in [-0.2, -0.15) is 5.10 Å². The van der Waals surface area contributed by atoms with Gasteiger partial charge in [-0.05, 0) is 30.3 Å². The van der Waals surface area contributed by atoms with E-state index in [4.69, 9.17) is 4.74 Å². The fourth-order valence-electron chi connectivity index (χ4n) is 2.96. The Morgan fingerprint density at radius 1 is 1.25 bits per heavy atom. The lowest BCUT2D eigenvalue weighted by Gasteiger charge is -2.01. The smallest absolute Gasteiger partial charge is 0.337 e. The number of aromatic nitrogens is 4. The molecular weight excluding hydrogens is 308 g/mol. The largest absolute Gasteiger partial charge is 0.497 e. The Morgan fingerprint density at radius 3 is 2.83 bits per heavy atom. The number of methoxy groups -OCH3 is 1. The molecule has 0 unspecified atom stereocenters. The van der Waals surface area contributed by atoms with Crippen LogP contribution in [0.1, 0.15) is 10.4 Å². The van der Waals surface area contributed by atoms with Crippen molar-refractivity contribution in [2.45, 2.75) is 0 Å². The van der Waals surface area contributed by atoms with Crippen molar-refractivity contribution in [2.75, 3.05) is 7.11 Å². The molecule has 2 N–H and O–H groups in total. The zero-order chi connectivity index (χ0) is 16.8. The van der Waals surface area contributed by atoms with Gasteiger partial charge in [0.05, 0.1) is 40.6 Å². The van der Waals surface area contributed by atoms with Crippen LogP contribution in [-0.2, 0) is 7.05 Å².